The van der Waals surface area contributed by atoms with Crippen LogP contribution in [0.4, 0.5) is 0 Å². The van der Waals surface area contributed by atoms with Crippen molar-refractivity contribution in [3.63, 3.8) is 0 Å². The summed E-state index contributed by atoms with van der Waals surface area (Å²) < 4.78 is 6.09. The van der Waals surface area contributed by atoms with Gasteiger partial charge >= 0.3 is 0 Å². The van der Waals surface area contributed by atoms with Crippen LogP contribution < -0.4 is 10.1 Å². The predicted octanol–water partition coefficient (Wildman–Crippen LogP) is 3.07. The number of hydrogen-bond donors (Lipinski definition) is 1. The molecule has 19 heavy (non-hydrogen) atoms. The van der Waals surface area contributed by atoms with Crippen LogP contribution in [-0.2, 0) is 13.0 Å². The van der Waals surface area contributed by atoms with E-state index in [-0.39, 0.29) is 0 Å². The average Bonchev–Trinajstić information content (AvgIpc) is 2.48. The number of hydrogen-bond acceptors (Lipinski definition) is 3. The van der Waals surface area contributed by atoms with Gasteiger partial charge in [-0.1, -0.05) is 25.3 Å². The zero-order chi connectivity index (χ0) is 13.1. The lowest BCUT2D eigenvalue weighted by molar-refractivity contribution is 0.118. The Hall–Kier alpha value is -1.09. The molecule has 1 fully saturated rings. The van der Waals surface area contributed by atoms with Crippen molar-refractivity contribution in [1.29, 1.82) is 0 Å². The summed E-state index contributed by atoms with van der Waals surface area (Å²) in [5.74, 6) is 1.53. The van der Waals surface area contributed by atoms with E-state index in [2.05, 4.69) is 23.3 Å². The van der Waals surface area contributed by atoms with E-state index < -0.39 is 0 Å². The van der Waals surface area contributed by atoms with Gasteiger partial charge in [0.1, 0.15) is 6.10 Å². The largest absolute Gasteiger partial charge is 0.474 e. The van der Waals surface area contributed by atoms with E-state index >= 15 is 0 Å². The summed E-state index contributed by atoms with van der Waals surface area (Å²) in [5, 5.41) is 3.37. The Morgan fingerprint density at radius 2 is 2.11 bits per heavy atom. The number of ether oxygens (including phenoxy) is 1. The van der Waals surface area contributed by atoms with Gasteiger partial charge in [0.05, 0.1) is 5.69 Å². The molecule has 1 aliphatic heterocycles. The summed E-state index contributed by atoms with van der Waals surface area (Å²) in [4.78, 5) is 4.69. The Balaban J connectivity index is 1.65. The lowest BCUT2D eigenvalue weighted by atomic mass is 9.86. The molecule has 1 atom stereocenters. The van der Waals surface area contributed by atoms with Gasteiger partial charge in [-0.15, -0.1) is 0 Å². The normalized spacial score (nSPS) is 21.7. The summed E-state index contributed by atoms with van der Waals surface area (Å²) >= 11 is 0. The van der Waals surface area contributed by atoms with Crippen LogP contribution >= 0.6 is 0 Å². The molecule has 2 aliphatic rings. The zero-order valence-corrected chi connectivity index (χ0v) is 11.8. The third-order valence-corrected chi connectivity index (χ3v) is 4.52. The molecule has 0 saturated heterocycles. The van der Waals surface area contributed by atoms with Crippen LogP contribution in [0.15, 0.2) is 12.1 Å². The molecule has 1 unspecified atom stereocenters. The molecule has 2 heterocycles. The highest BCUT2D eigenvalue weighted by Crippen LogP contribution is 2.28. The standard InChI is InChI=1S/C16H24N2O/c1-12(13-5-3-2-4-6-13)19-16-8-7-14-11-17-10-9-15(14)18-16/h7-8,12-13,17H,2-6,9-11H2,1H3. The third-order valence-electron chi connectivity index (χ3n) is 4.52. The summed E-state index contributed by atoms with van der Waals surface area (Å²) in [6, 6.07) is 4.20. The van der Waals surface area contributed by atoms with E-state index in [1.54, 1.807) is 0 Å². The van der Waals surface area contributed by atoms with Gasteiger partial charge in [-0.25, -0.2) is 4.98 Å². The molecule has 0 amide bonds. The maximum Gasteiger partial charge on any atom is 0.213 e. The summed E-state index contributed by atoms with van der Waals surface area (Å²) in [7, 11) is 0. The monoisotopic (exact) mass is 260 g/mol. The molecule has 0 spiro atoms. The van der Waals surface area contributed by atoms with E-state index in [0.717, 1.165) is 25.4 Å². The highest BCUT2D eigenvalue weighted by atomic mass is 16.5. The molecule has 0 radical (unpaired) electrons. The minimum Gasteiger partial charge on any atom is -0.474 e. The average molecular weight is 260 g/mol. The topological polar surface area (TPSA) is 34.1 Å². The molecule has 1 aliphatic carbocycles. The van der Waals surface area contributed by atoms with Crippen LogP contribution in [0, 0.1) is 5.92 Å². The molecule has 0 aromatic carbocycles. The molecule has 0 bridgehead atoms. The summed E-state index contributed by atoms with van der Waals surface area (Å²) in [6.07, 6.45) is 8.07. The fourth-order valence-electron chi connectivity index (χ4n) is 3.27. The molecular formula is C16H24N2O. The molecule has 1 aromatic rings. The summed E-state index contributed by atoms with van der Waals surface area (Å²) in [5.41, 5.74) is 2.54. The van der Waals surface area contributed by atoms with Crippen molar-refractivity contribution >= 4 is 0 Å². The van der Waals surface area contributed by atoms with Crippen molar-refractivity contribution in [2.45, 2.75) is 58.1 Å². The van der Waals surface area contributed by atoms with E-state index in [1.807, 2.05) is 6.07 Å². The van der Waals surface area contributed by atoms with E-state index in [1.165, 1.54) is 43.4 Å². The molecule has 3 rings (SSSR count). The molecule has 1 N–H and O–H groups in total. The van der Waals surface area contributed by atoms with E-state index in [0.29, 0.717) is 12.0 Å². The second-order valence-electron chi connectivity index (χ2n) is 5.90. The fourth-order valence-corrected chi connectivity index (χ4v) is 3.27. The van der Waals surface area contributed by atoms with Crippen LogP contribution in [0.25, 0.3) is 0 Å². The molecule has 1 saturated carbocycles. The van der Waals surface area contributed by atoms with Gasteiger partial charge in [-0.3, -0.25) is 0 Å². The first-order valence-corrected chi connectivity index (χ1v) is 7.69. The van der Waals surface area contributed by atoms with Crippen molar-refractivity contribution in [2.75, 3.05) is 6.54 Å². The summed E-state index contributed by atoms with van der Waals surface area (Å²) in [6.45, 7) is 4.18. The first-order valence-electron chi connectivity index (χ1n) is 7.69. The fraction of sp³-hybridized carbons (Fsp3) is 0.688. The first kappa shape index (κ1) is 12.9. The Kier molecular flexibility index (Phi) is 4.02. The number of nitrogens with one attached hydrogen (secondary N) is 1. The van der Waals surface area contributed by atoms with Gasteiger partial charge in [0, 0.05) is 25.6 Å². The van der Waals surface area contributed by atoms with Gasteiger partial charge in [0.15, 0.2) is 0 Å². The lowest BCUT2D eigenvalue weighted by Crippen LogP contribution is -2.27. The molecular weight excluding hydrogens is 236 g/mol. The van der Waals surface area contributed by atoms with Crippen molar-refractivity contribution < 1.29 is 4.74 Å². The van der Waals surface area contributed by atoms with Crippen LogP contribution in [0.3, 0.4) is 0 Å². The van der Waals surface area contributed by atoms with Crippen LogP contribution in [0.2, 0.25) is 0 Å². The number of aromatic nitrogens is 1. The maximum absolute atomic E-state index is 6.09. The number of nitrogens with zero attached hydrogens (tertiary/aromatic N) is 1. The third kappa shape index (κ3) is 3.08. The number of pyridine rings is 1. The van der Waals surface area contributed by atoms with Gasteiger partial charge < -0.3 is 10.1 Å². The van der Waals surface area contributed by atoms with E-state index in [4.69, 9.17) is 4.74 Å². The van der Waals surface area contributed by atoms with Crippen molar-refractivity contribution in [3.8, 4) is 5.88 Å². The Morgan fingerprint density at radius 1 is 1.26 bits per heavy atom. The quantitative estimate of drug-likeness (QED) is 0.907. The first-order chi connectivity index (χ1) is 9.33. The Bertz CT molecular complexity index is 427. The van der Waals surface area contributed by atoms with Crippen molar-refractivity contribution in [3.05, 3.63) is 23.4 Å². The number of rotatable bonds is 3. The maximum atomic E-state index is 6.09. The molecule has 104 valence electrons. The smallest absolute Gasteiger partial charge is 0.213 e. The van der Waals surface area contributed by atoms with Crippen molar-refractivity contribution in [1.82, 2.24) is 10.3 Å². The van der Waals surface area contributed by atoms with Crippen LogP contribution in [-0.4, -0.2) is 17.6 Å². The van der Waals surface area contributed by atoms with E-state index in [9.17, 15) is 0 Å². The highest BCUT2D eigenvalue weighted by Gasteiger charge is 2.22. The minimum atomic E-state index is 0.299. The predicted molar refractivity (Wildman–Crippen MR) is 76.3 cm³/mol. The number of fused-ring (bicyclic) bond motifs is 1. The second kappa shape index (κ2) is 5.91. The van der Waals surface area contributed by atoms with Crippen LogP contribution in [0.1, 0.15) is 50.3 Å². The zero-order valence-electron chi connectivity index (χ0n) is 11.8. The van der Waals surface area contributed by atoms with Crippen LogP contribution in [0.5, 0.6) is 5.88 Å². The SMILES string of the molecule is CC(Oc1ccc2c(n1)CCNC2)C1CCCCC1. The van der Waals surface area contributed by atoms with Gasteiger partial charge in [-0.05, 0) is 31.2 Å². The Labute approximate surface area is 115 Å². The molecule has 1 aromatic heterocycles. The highest BCUT2D eigenvalue weighted by molar-refractivity contribution is 5.27. The Morgan fingerprint density at radius 3 is 2.95 bits per heavy atom. The van der Waals surface area contributed by atoms with Gasteiger partial charge in [-0.2, -0.15) is 0 Å². The lowest BCUT2D eigenvalue weighted by Gasteiger charge is -2.28. The molecule has 3 nitrogen and oxygen atoms in total. The molecule has 3 heteroatoms. The van der Waals surface area contributed by atoms with Gasteiger partial charge in [0.2, 0.25) is 5.88 Å². The van der Waals surface area contributed by atoms with Gasteiger partial charge in [0.25, 0.3) is 0 Å². The van der Waals surface area contributed by atoms with Crippen molar-refractivity contribution in [2.24, 2.45) is 5.92 Å². The minimum absolute atomic E-state index is 0.299. The second-order valence-corrected chi connectivity index (χ2v) is 5.90.